The topological polar surface area (TPSA) is 43.1 Å². The number of carbonyl (C=O) groups is 1. The highest BCUT2D eigenvalue weighted by molar-refractivity contribution is 6.12. The second kappa shape index (κ2) is 8.17. The minimum absolute atomic E-state index is 0.0568. The Labute approximate surface area is 199 Å². The molecule has 2 heteroatoms. The maximum Gasteiger partial charge on any atom is 0.195 e. The SMILES string of the molecule is Nc1ccccc1C(=O)c1ccc(-c2c(-c3ccccc3)ccc3c2Cc2ccccc2-3)cc1. The molecule has 0 bridgehead atoms. The molecule has 1 aliphatic rings. The molecule has 1 aliphatic carbocycles. The van der Waals surface area contributed by atoms with E-state index in [1.165, 1.54) is 38.9 Å². The summed E-state index contributed by atoms with van der Waals surface area (Å²) >= 11 is 0. The lowest BCUT2D eigenvalue weighted by molar-refractivity contribution is 0.103. The Morgan fingerprint density at radius 1 is 0.588 bits per heavy atom. The van der Waals surface area contributed by atoms with E-state index < -0.39 is 0 Å². The Kier molecular flexibility index (Phi) is 4.85. The third kappa shape index (κ3) is 3.32. The first-order chi connectivity index (χ1) is 16.7. The third-order valence-electron chi connectivity index (χ3n) is 6.71. The van der Waals surface area contributed by atoms with Crippen LogP contribution in [0, 0.1) is 0 Å². The van der Waals surface area contributed by atoms with Gasteiger partial charge in [-0.15, -0.1) is 0 Å². The number of carbonyl (C=O) groups excluding carboxylic acids is 1. The van der Waals surface area contributed by atoms with E-state index in [1.54, 1.807) is 12.1 Å². The van der Waals surface area contributed by atoms with Crippen LogP contribution in [0.2, 0.25) is 0 Å². The molecular weight excluding hydrogens is 414 g/mol. The van der Waals surface area contributed by atoms with Crippen molar-refractivity contribution in [2.45, 2.75) is 6.42 Å². The second-order valence-corrected chi connectivity index (χ2v) is 8.71. The van der Waals surface area contributed by atoms with Crippen LogP contribution in [0.4, 0.5) is 5.69 Å². The molecule has 0 unspecified atom stereocenters. The number of ketones is 1. The zero-order valence-electron chi connectivity index (χ0n) is 18.7. The summed E-state index contributed by atoms with van der Waals surface area (Å²) in [7, 11) is 0. The predicted octanol–water partition coefficient (Wildman–Crippen LogP) is 7.41. The Morgan fingerprint density at radius 2 is 1.26 bits per heavy atom. The van der Waals surface area contributed by atoms with E-state index in [9.17, 15) is 4.79 Å². The van der Waals surface area contributed by atoms with E-state index in [0.29, 0.717) is 16.8 Å². The highest BCUT2D eigenvalue weighted by Gasteiger charge is 2.24. The Bertz CT molecular complexity index is 1530. The van der Waals surface area contributed by atoms with Crippen molar-refractivity contribution < 1.29 is 4.79 Å². The number of hydrogen-bond donors (Lipinski definition) is 1. The predicted molar refractivity (Wildman–Crippen MR) is 140 cm³/mol. The van der Waals surface area contributed by atoms with Crippen LogP contribution >= 0.6 is 0 Å². The molecule has 0 atom stereocenters. The van der Waals surface area contributed by atoms with Gasteiger partial charge in [0.05, 0.1) is 0 Å². The summed E-state index contributed by atoms with van der Waals surface area (Å²) in [6.07, 6.45) is 0.906. The first kappa shape index (κ1) is 20.2. The fourth-order valence-corrected chi connectivity index (χ4v) is 5.05. The second-order valence-electron chi connectivity index (χ2n) is 8.71. The smallest absolute Gasteiger partial charge is 0.195 e. The van der Waals surface area contributed by atoms with Gasteiger partial charge in [0.1, 0.15) is 0 Å². The summed E-state index contributed by atoms with van der Waals surface area (Å²) in [5, 5.41) is 0. The molecule has 5 aromatic rings. The standard InChI is InChI=1S/C32H23NO/c33-30-13-7-6-12-28(30)32(34)23-16-14-22(15-17-23)31-26(21-8-2-1-3-9-21)18-19-27-25-11-5-4-10-24(25)20-29(27)31/h1-19H,20,33H2. The average molecular weight is 438 g/mol. The first-order valence-electron chi connectivity index (χ1n) is 11.5. The molecule has 0 fully saturated rings. The average Bonchev–Trinajstić information content (AvgIpc) is 3.27. The van der Waals surface area contributed by atoms with Crippen molar-refractivity contribution in [3.63, 3.8) is 0 Å². The molecule has 0 heterocycles. The van der Waals surface area contributed by atoms with E-state index in [0.717, 1.165) is 12.0 Å². The molecule has 162 valence electrons. The van der Waals surface area contributed by atoms with Crippen LogP contribution in [0.3, 0.4) is 0 Å². The number of benzene rings is 5. The number of nitrogen functional groups attached to an aromatic ring is 1. The number of fused-ring (bicyclic) bond motifs is 3. The molecular formula is C32H23NO. The van der Waals surface area contributed by atoms with Crippen LogP contribution in [-0.4, -0.2) is 5.78 Å². The van der Waals surface area contributed by atoms with Gasteiger partial charge >= 0.3 is 0 Å². The zero-order valence-corrected chi connectivity index (χ0v) is 18.7. The van der Waals surface area contributed by atoms with E-state index in [4.69, 9.17) is 5.73 Å². The van der Waals surface area contributed by atoms with Gasteiger partial charge in [-0.3, -0.25) is 4.79 Å². The van der Waals surface area contributed by atoms with Crippen molar-refractivity contribution in [2.75, 3.05) is 5.73 Å². The molecule has 0 saturated heterocycles. The van der Waals surface area contributed by atoms with Crippen LogP contribution in [0.25, 0.3) is 33.4 Å². The maximum absolute atomic E-state index is 13.1. The van der Waals surface area contributed by atoms with Crippen molar-refractivity contribution in [2.24, 2.45) is 0 Å². The Hall–Kier alpha value is -4.43. The maximum atomic E-state index is 13.1. The van der Waals surface area contributed by atoms with Crippen LogP contribution in [0.1, 0.15) is 27.0 Å². The lowest BCUT2D eigenvalue weighted by Gasteiger charge is -2.16. The zero-order chi connectivity index (χ0) is 23.1. The van der Waals surface area contributed by atoms with Crippen molar-refractivity contribution in [3.8, 4) is 33.4 Å². The molecule has 2 N–H and O–H groups in total. The molecule has 34 heavy (non-hydrogen) atoms. The van der Waals surface area contributed by atoms with Crippen LogP contribution < -0.4 is 5.73 Å². The van der Waals surface area contributed by atoms with Crippen molar-refractivity contribution in [3.05, 3.63) is 138 Å². The van der Waals surface area contributed by atoms with E-state index in [-0.39, 0.29) is 5.78 Å². The molecule has 0 aromatic heterocycles. The molecule has 0 aliphatic heterocycles. The molecule has 0 radical (unpaired) electrons. The van der Waals surface area contributed by atoms with Gasteiger partial charge in [0.2, 0.25) is 0 Å². The summed E-state index contributed by atoms with van der Waals surface area (Å²) in [6, 6.07) is 38.8. The van der Waals surface area contributed by atoms with E-state index in [2.05, 4.69) is 72.8 Å². The Morgan fingerprint density at radius 3 is 2.06 bits per heavy atom. The largest absolute Gasteiger partial charge is 0.398 e. The van der Waals surface area contributed by atoms with Crippen LogP contribution in [-0.2, 0) is 6.42 Å². The highest BCUT2D eigenvalue weighted by Crippen LogP contribution is 2.45. The van der Waals surface area contributed by atoms with Gasteiger partial charge in [0, 0.05) is 16.8 Å². The molecule has 5 aromatic carbocycles. The van der Waals surface area contributed by atoms with Gasteiger partial charge in [0.15, 0.2) is 5.78 Å². The van der Waals surface area contributed by atoms with Crippen LogP contribution in [0.15, 0.2) is 115 Å². The van der Waals surface area contributed by atoms with Crippen molar-refractivity contribution in [1.29, 1.82) is 0 Å². The molecule has 0 amide bonds. The molecule has 0 spiro atoms. The number of hydrogen-bond acceptors (Lipinski definition) is 2. The van der Waals surface area contributed by atoms with Gasteiger partial charge in [-0.25, -0.2) is 0 Å². The third-order valence-corrected chi connectivity index (χ3v) is 6.71. The van der Waals surface area contributed by atoms with Crippen molar-refractivity contribution >= 4 is 11.5 Å². The Balaban J connectivity index is 1.49. The van der Waals surface area contributed by atoms with Crippen LogP contribution in [0.5, 0.6) is 0 Å². The number of rotatable bonds is 4. The fourth-order valence-electron chi connectivity index (χ4n) is 5.05. The van der Waals surface area contributed by atoms with Gasteiger partial charge in [-0.2, -0.15) is 0 Å². The normalized spacial score (nSPS) is 11.6. The minimum Gasteiger partial charge on any atom is -0.398 e. The van der Waals surface area contributed by atoms with Gasteiger partial charge < -0.3 is 5.73 Å². The number of nitrogens with two attached hydrogens (primary N) is 1. The molecule has 2 nitrogen and oxygen atoms in total. The summed E-state index contributed by atoms with van der Waals surface area (Å²) in [5.74, 6) is -0.0568. The summed E-state index contributed by atoms with van der Waals surface area (Å²) in [5.41, 5.74) is 17.8. The lowest BCUT2D eigenvalue weighted by atomic mass is 9.87. The van der Waals surface area contributed by atoms with Gasteiger partial charge in [0.25, 0.3) is 0 Å². The lowest BCUT2D eigenvalue weighted by Crippen LogP contribution is -2.05. The monoisotopic (exact) mass is 437 g/mol. The summed E-state index contributed by atoms with van der Waals surface area (Å²) < 4.78 is 0. The first-order valence-corrected chi connectivity index (χ1v) is 11.5. The van der Waals surface area contributed by atoms with Crippen molar-refractivity contribution in [1.82, 2.24) is 0 Å². The quantitative estimate of drug-likeness (QED) is 0.231. The van der Waals surface area contributed by atoms with Gasteiger partial charge in [-0.05, 0) is 63.1 Å². The summed E-state index contributed by atoms with van der Waals surface area (Å²) in [6.45, 7) is 0. The van der Waals surface area contributed by atoms with E-state index >= 15 is 0 Å². The minimum atomic E-state index is -0.0568. The molecule has 6 rings (SSSR count). The number of para-hydroxylation sites is 1. The van der Waals surface area contributed by atoms with E-state index in [1.807, 2.05) is 30.3 Å². The summed E-state index contributed by atoms with van der Waals surface area (Å²) in [4.78, 5) is 13.1. The molecule has 0 saturated carbocycles. The van der Waals surface area contributed by atoms with Gasteiger partial charge in [-0.1, -0.05) is 103 Å². The fraction of sp³-hybridized carbons (Fsp3) is 0.0312. The highest BCUT2D eigenvalue weighted by atomic mass is 16.1. The number of anilines is 1.